The number of amides is 1. The van der Waals surface area contributed by atoms with Gasteiger partial charge in [-0.15, -0.1) is 0 Å². The standard InChI is InChI=1S/C10H13NO4S/c1-7(12)11-9(10(13)14)6-16-5-8-2-3-15-4-8/h2-4,9H,5-6H2,1H3,(H,11,12)(H,13,14). The van der Waals surface area contributed by atoms with Gasteiger partial charge in [-0.3, -0.25) is 4.79 Å². The van der Waals surface area contributed by atoms with Crippen molar-refractivity contribution in [3.63, 3.8) is 0 Å². The van der Waals surface area contributed by atoms with E-state index in [9.17, 15) is 9.59 Å². The first-order valence-corrected chi connectivity index (χ1v) is 5.84. The SMILES string of the molecule is CC(=O)NC(CSCc1ccoc1)C(=O)O. The van der Waals surface area contributed by atoms with Crippen molar-refractivity contribution in [2.75, 3.05) is 5.75 Å². The van der Waals surface area contributed by atoms with Crippen LogP contribution in [0.5, 0.6) is 0 Å². The molecule has 0 bridgehead atoms. The van der Waals surface area contributed by atoms with Crippen molar-refractivity contribution in [3.05, 3.63) is 24.2 Å². The summed E-state index contributed by atoms with van der Waals surface area (Å²) in [4.78, 5) is 21.5. The van der Waals surface area contributed by atoms with Gasteiger partial charge in [-0.25, -0.2) is 4.79 Å². The van der Waals surface area contributed by atoms with Crippen molar-refractivity contribution >= 4 is 23.6 Å². The first-order valence-electron chi connectivity index (χ1n) is 4.68. The van der Waals surface area contributed by atoms with Crippen LogP contribution in [0.2, 0.25) is 0 Å². The molecule has 1 unspecified atom stereocenters. The minimum absolute atomic E-state index is 0.333. The molecule has 1 rings (SSSR count). The topological polar surface area (TPSA) is 79.5 Å². The number of hydrogen-bond acceptors (Lipinski definition) is 4. The average molecular weight is 243 g/mol. The van der Waals surface area contributed by atoms with Crippen LogP contribution >= 0.6 is 11.8 Å². The molecule has 2 N–H and O–H groups in total. The lowest BCUT2D eigenvalue weighted by Crippen LogP contribution is -2.41. The van der Waals surface area contributed by atoms with Crippen LogP contribution < -0.4 is 5.32 Å². The fraction of sp³-hybridized carbons (Fsp3) is 0.400. The lowest BCUT2D eigenvalue weighted by Gasteiger charge is -2.12. The summed E-state index contributed by atoms with van der Waals surface area (Å²) in [5, 5.41) is 11.2. The molecular formula is C10H13NO4S. The highest BCUT2D eigenvalue weighted by atomic mass is 32.2. The molecule has 0 saturated heterocycles. The van der Waals surface area contributed by atoms with Crippen LogP contribution in [0.15, 0.2) is 23.0 Å². The van der Waals surface area contributed by atoms with E-state index in [4.69, 9.17) is 9.52 Å². The molecule has 0 radical (unpaired) electrons. The maximum atomic E-state index is 10.8. The van der Waals surface area contributed by atoms with E-state index >= 15 is 0 Å². The quantitative estimate of drug-likeness (QED) is 0.782. The van der Waals surface area contributed by atoms with Gasteiger partial charge in [0.25, 0.3) is 0 Å². The number of aliphatic carboxylic acids is 1. The summed E-state index contributed by atoms with van der Waals surface area (Å²) in [6.07, 6.45) is 3.18. The minimum atomic E-state index is -1.02. The average Bonchev–Trinajstić information content (AvgIpc) is 2.68. The number of thioether (sulfide) groups is 1. The fourth-order valence-corrected chi connectivity index (χ4v) is 2.07. The normalized spacial score (nSPS) is 12.1. The first kappa shape index (κ1) is 12.6. The zero-order valence-electron chi connectivity index (χ0n) is 8.80. The highest BCUT2D eigenvalue weighted by Crippen LogP contribution is 2.13. The van der Waals surface area contributed by atoms with Crippen LogP contribution in [-0.4, -0.2) is 28.8 Å². The van der Waals surface area contributed by atoms with Gasteiger partial charge in [-0.1, -0.05) is 0 Å². The number of carboxylic acids is 1. The zero-order chi connectivity index (χ0) is 12.0. The van der Waals surface area contributed by atoms with Gasteiger partial charge in [0.15, 0.2) is 0 Å². The van der Waals surface area contributed by atoms with Crippen molar-refractivity contribution in [2.45, 2.75) is 18.7 Å². The summed E-state index contributed by atoms with van der Waals surface area (Å²) in [6, 6.07) is 0.982. The van der Waals surface area contributed by atoms with Gasteiger partial charge in [0.1, 0.15) is 6.04 Å². The molecule has 5 nitrogen and oxygen atoms in total. The molecular weight excluding hydrogens is 230 g/mol. The van der Waals surface area contributed by atoms with Crippen LogP contribution in [0.25, 0.3) is 0 Å². The number of carbonyl (C=O) groups excluding carboxylic acids is 1. The number of hydrogen-bond donors (Lipinski definition) is 2. The van der Waals surface area contributed by atoms with Crippen LogP contribution in [-0.2, 0) is 15.3 Å². The van der Waals surface area contributed by atoms with Crippen molar-refractivity contribution in [1.82, 2.24) is 5.32 Å². The molecule has 1 aromatic heterocycles. The van der Waals surface area contributed by atoms with Crippen molar-refractivity contribution in [2.24, 2.45) is 0 Å². The molecule has 1 aromatic rings. The number of furan rings is 1. The lowest BCUT2D eigenvalue weighted by atomic mass is 10.3. The Kier molecular flexibility index (Phi) is 4.91. The third kappa shape index (κ3) is 4.39. The smallest absolute Gasteiger partial charge is 0.327 e. The van der Waals surface area contributed by atoms with Gasteiger partial charge in [-0.2, -0.15) is 11.8 Å². The molecule has 1 heterocycles. The van der Waals surface area contributed by atoms with Crippen LogP contribution in [0.3, 0.4) is 0 Å². The molecule has 0 fully saturated rings. The highest BCUT2D eigenvalue weighted by Gasteiger charge is 2.17. The Morgan fingerprint density at radius 1 is 1.62 bits per heavy atom. The molecule has 0 aromatic carbocycles. The number of rotatable bonds is 6. The summed E-state index contributed by atoms with van der Waals surface area (Å²) in [6.45, 7) is 1.30. The monoisotopic (exact) mass is 243 g/mol. The molecule has 0 saturated carbocycles. The summed E-state index contributed by atoms with van der Waals surface area (Å²) in [5.41, 5.74) is 0.997. The second-order valence-electron chi connectivity index (χ2n) is 3.24. The summed E-state index contributed by atoms with van der Waals surface area (Å²) in [5.74, 6) is -0.355. The largest absolute Gasteiger partial charge is 0.480 e. The van der Waals surface area contributed by atoms with Gasteiger partial charge >= 0.3 is 5.97 Å². The third-order valence-corrected chi connectivity index (χ3v) is 2.92. The van der Waals surface area contributed by atoms with E-state index in [-0.39, 0.29) is 5.91 Å². The molecule has 0 aliphatic rings. The van der Waals surface area contributed by atoms with E-state index in [0.717, 1.165) is 5.56 Å². The van der Waals surface area contributed by atoms with Gasteiger partial charge < -0.3 is 14.8 Å². The summed E-state index contributed by atoms with van der Waals surface area (Å²) >= 11 is 1.43. The Bertz CT molecular complexity index is 350. The maximum absolute atomic E-state index is 10.8. The maximum Gasteiger partial charge on any atom is 0.327 e. The van der Waals surface area contributed by atoms with E-state index in [0.29, 0.717) is 11.5 Å². The highest BCUT2D eigenvalue weighted by molar-refractivity contribution is 7.98. The summed E-state index contributed by atoms with van der Waals surface area (Å²) < 4.78 is 4.88. The Hall–Kier alpha value is -1.43. The molecule has 88 valence electrons. The van der Waals surface area contributed by atoms with E-state index in [1.807, 2.05) is 6.07 Å². The number of carboxylic acid groups (broad SMARTS) is 1. The van der Waals surface area contributed by atoms with Crippen molar-refractivity contribution in [3.8, 4) is 0 Å². The molecule has 1 amide bonds. The Morgan fingerprint density at radius 3 is 2.88 bits per heavy atom. The van der Waals surface area contributed by atoms with Gasteiger partial charge in [0.2, 0.25) is 5.91 Å². The van der Waals surface area contributed by atoms with E-state index in [1.54, 1.807) is 12.5 Å². The first-order chi connectivity index (χ1) is 7.59. The fourth-order valence-electron chi connectivity index (χ4n) is 1.09. The predicted molar refractivity (Wildman–Crippen MR) is 60.1 cm³/mol. The molecule has 6 heteroatoms. The third-order valence-electron chi connectivity index (χ3n) is 1.81. The summed E-state index contributed by atoms with van der Waals surface area (Å²) in [7, 11) is 0. The second-order valence-corrected chi connectivity index (χ2v) is 4.27. The molecule has 0 spiro atoms. The van der Waals surface area contributed by atoms with Gasteiger partial charge in [0, 0.05) is 24.0 Å². The van der Waals surface area contributed by atoms with E-state index in [2.05, 4.69) is 5.32 Å². The van der Waals surface area contributed by atoms with Crippen LogP contribution in [0.4, 0.5) is 0 Å². The van der Waals surface area contributed by atoms with Gasteiger partial charge in [-0.05, 0) is 6.07 Å². The Balaban J connectivity index is 2.32. The molecule has 1 atom stereocenters. The Labute approximate surface area is 97.2 Å². The minimum Gasteiger partial charge on any atom is -0.480 e. The van der Waals surface area contributed by atoms with Crippen molar-refractivity contribution in [1.29, 1.82) is 0 Å². The predicted octanol–water partition coefficient (Wildman–Crippen LogP) is 1.10. The molecule has 0 aliphatic heterocycles. The number of nitrogens with one attached hydrogen (secondary N) is 1. The molecule has 0 aliphatic carbocycles. The van der Waals surface area contributed by atoms with Crippen LogP contribution in [0, 0.1) is 0 Å². The van der Waals surface area contributed by atoms with Gasteiger partial charge in [0.05, 0.1) is 12.5 Å². The molecule has 16 heavy (non-hydrogen) atoms. The lowest BCUT2D eigenvalue weighted by molar-refractivity contribution is -0.140. The zero-order valence-corrected chi connectivity index (χ0v) is 9.62. The van der Waals surface area contributed by atoms with Crippen LogP contribution in [0.1, 0.15) is 12.5 Å². The van der Waals surface area contributed by atoms with E-state index in [1.165, 1.54) is 18.7 Å². The van der Waals surface area contributed by atoms with Crippen molar-refractivity contribution < 1.29 is 19.1 Å². The van der Waals surface area contributed by atoms with E-state index < -0.39 is 12.0 Å². The second kappa shape index (κ2) is 6.22. The Morgan fingerprint density at radius 2 is 2.38 bits per heavy atom. The number of carbonyl (C=O) groups is 2.